The maximum Gasteiger partial charge on any atom is 0.393 e. The molecule has 0 spiro atoms. The van der Waals surface area contributed by atoms with Gasteiger partial charge in [-0.15, -0.1) is 0 Å². The second-order valence-corrected chi connectivity index (χ2v) is 3.15. The Bertz CT molecular complexity index is 386. The Morgan fingerprint density at radius 1 is 1.47 bits per heavy atom. The number of methoxy groups -OCH3 is 1. The number of nitrogens with zero attached hydrogens (tertiary/aromatic N) is 1. The molecule has 0 radical (unpaired) electrons. The Hall–Kier alpha value is -1.84. The van der Waals surface area contributed by atoms with Crippen LogP contribution < -0.4 is 0 Å². The molecule has 1 aromatic carbocycles. The maximum atomic E-state index is 11.1. The molecule has 0 saturated heterocycles. The van der Waals surface area contributed by atoms with E-state index in [1.54, 1.807) is 0 Å². The molecule has 1 atom stereocenters. The van der Waals surface area contributed by atoms with E-state index in [2.05, 4.69) is 9.73 Å². The number of benzene rings is 1. The Morgan fingerprint density at radius 2 is 2.20 bits per heavy atom. The van der Waals surface area contributed by atoms with E-state index in [0.717, 1.165) is 5.56 Å². The van der Waals surface area contributed by atoms with Crippen molar-refractivity contribution in [2.75, 3.05) is 13.7 Å². The SMILES string of the molecule is COC(=O)C1=NCC(c2ccccc2)O1. The largest absolute Gasteiger partial charge is 0.463 e. The molecule has 0 aliphatic carbocycles. The number of aliphatic imine (C=N–C) groups is 1. The van der Waals surface area contributed by atoms with Crippen LogP contribution in [0.5, 0.6) is 0 Å². The molecule has 1 aromatic rings. The van der Waals surface area contributed by atoms with Gasteiger partial charge in [-0.05, 0) is 5.56 Å². The minimum atomic E-state index is -0.520. The average Bonchev–Trinajstić information content (AvgIpc) is 2.78. The van der Waals surface area contributed by atoms with Crippen LogP contribution in [0.2, 0.25) is 0 Å². The van der Waals surface area contributed by atoms with Crippen molar-refractivity contribution >= 4 is 11.9 Å². The number of hydrogen-bond donors (Lipinski definition) is 0. The quantitative estimate of drug-likeness (QED) is 0.684. The van der Waals surface area contributed by atoms with E-state index in [1.165, 1.54) is 7.11 Å². The number of esters is 1. The predicted octanol–water partition coefficient (Wildman–Crippen LogP) is 1.33. The lowest BCUT2D eigenvalue weighted by Crippen LogP contribution is -2.16. The smallest absolute Gasteiger partial charge is 0.393 e. The van der Waals surface area contributed by atoms with Crippen molar-refractivity contribution in [1.29, 1.82) is 0 Å². The highest BCUT2D eigenvalue weighted by Crippen LogP contribution is 2.22. The normalized spacial score (nSPS) is 19.3. The third-order valence-corrected chi connectivity index (χ3v) is 2.19. The van der Waals surface area contributed by atoms with Crippen LogP contribution in [0, 0.1) is 0 Å². The van der Waals surface area contributed by atoms with Crippen molar-refractivity contribution in [3.05, 3.63) is 35.9 Å². The molecular formula is C11H11NO3. The lowest BCUT2D eigenvalue weighted by atomic mass is 10.1. The summed E-state index contributed by atoms with van der Waals surface area (Å²) in [4.78, 5) is 15.1. The first-order chi connectivity index (χ1) is 7.31. The van der Waals surface area contributed by atoms with Crippen molar-refractivity contribution in [3.63, 3.8) is 0 Å². The van der Waals surface area contributed by atoms with Gasteiger partial charge < -0.3 is 9.47 Å². The maximum absolute atomic E-state index is 11.1. The van der Waals surface area contributed by atoms with E-state index >= 15 is 0 Å². The van der Waals surface area contributed by atoms with E-state index in [4.69, 9.17) is 4.74 Å². The molecule has 1 aliphatic heterocycles. The predicted molar refractivity (Wildman–Crippen MR) is 54.6 cm³/mol. The van der Waals surface area contributed by atoms with E-state index < -0.39 is 5.97 Å². The van der Waals surface area contributed by atoms with Crippen LogP contribution in [0.3, 0.4) is 0 Å². The van der Waals surface area contributed by atoms with E-state index in [0.29, 0.717) is 6.54 Å². The molecule has 4 nitrogen and oxygen atoms in total. The third kappa shape index (κ3) is 1.98. The summed E-state index contributed by atoms with van der Waals surface area (Å²) >= 11 is 0. The van der Waals surface area contributed by atoms with E-state index in [-0.39, 0.29) is 12.0 Å². The number of rotatable bonds is 2. The van der Waals surface area contributed by atoms with Crippen LogP contribution in [0.15, 0.2) is 35.3 Å². The van der Waals surface area contributed by atoms with Crippen molar-refractivity contribution in [3.8, 4) is 0 Å². The highest BCUT2D eigenvalue weighted by atomic mass is 16.6. The van der Waals surface area contributed by atoms with Crippen molar-refractivity contribution in [2.24, 2.45) is 4.99 Å². The molecule has 1 heterocycles. The molecule has 78 valence electrons. The van der Waals surface area contributed by atoms with E-state index in [9.17, 15) is 4.79 Å². The lowest BCUT2D eigenvalue weighted by molar-refractivity contribution is -0.134. The molecule has 15 heavy (non-hydrogen) atoms. The summed E-state index contributed by atoms with van der Waals surface area (Å²) in [5.74, 6) is -0.459. The average molecular weight is 205 g/mol. The minimum Gasteiger partial charge on any atom is -0.463 e. The van der Waals surface area contributed by atoms with Crippen LogP contribution >= 0.6 is 0 Å². The molecule has 1 unspecified atom stereocenters. The molecular weight excluding hydrogens is 194 g/mol. The Kier molecular flexibility index (Phi) is 2.67. The second kappa shape index (κ2) is 4.13. The lowest BCUT2D eigenvalue weighted by Gasteiger charge is -2.09. The number of carbonyl (C=O) groups excluding carboxylic acids is 1. The molecule has 1 aliphatic rings. The van der Waals surface area contributed by atoms with Gasteiger partial charge in [0.15, 0.2) is 0 Å². The van der Waals surface area contributed by atoms with Gasteiger partial charge in [-0.25, -0.2) is 9.79 Å². The molecule has 4 heteroatoms. The summed E-state index contributed by atoms with van der Waals surface area (Å²) in [7, 11) is 1.31. The van der Waals surface area contributed by atoms with Crippen LogP contribution in [0.1, 0.15) is 11.7 Å². The van der Waals surface area contributed by atoms with E-state index in [1.807, 2.05) is 30.3 Å². The number of hydrogen-bond acceptors (Lipinski definition) is 4. The molecule has 0 fully saturated rings. The summed E-state index contributed by atoms with van der Waals surface area (Å²) in [6.45, 7) is 0.467. The van der Waals surface area contributed by atoms with Gasteiger partial charge in [0.25, 0.3) is 5.90 Å². The van der Waals surface area contributed by atoms with Crippen molar-refractivity contribution < 1.29 is 14.3 Å². The minimum absolute atomic E-state index is 0.0614. The number of ether oxygens (including phenoxy) is 2. The van der Waals surface area contributed by atoms with Crippen LogP contribution in [0.4, 0.5) is 0 Å². The standard InChI is InChI=1S/C11H11NO3/c1-14-11(13)10-12-7-9(15-10)8-5-3-2-4-6-8/h2-6,9H,7H2,1H3. The van der Waals surface area contributed by atoms with Gasteiger partial charge >= 0.3 is 5.97 Å². The van der Waals surface area contributed by atoms with Crippen LogP contribution in [-0.4, -0.2) is 25.5 Å². The van der Waals surface area contributed by atoms with Crippen molar-refractivity contribution in [1.82, 2.24) is 0 Å². The fourth-order valence-corrected chi connectivity index (χ4v) is 1.42. The molecule has 0 aromatic heterocycles. The first-order valence-corrected chi connectivity index (χ1v) is 4.65. The Morgan fingerprint density at radius 3 is 2.87 bits per heavy atom. The Balaban J connectivity index is 2.05. The topological polar surface area (TPSA) is 47.9 Å². The van der Waals surface area contributed by atoms with Crippen LogP contribution in [-0.2, 0) is 14.3 Å². The highest BCUT2D eigenvalue weighted by molar-refractivity contribution is 6.32. The first-order valence-electron chi connectivity index (χ1n) is 4.65. The van der Waals surface area contributed by atoms with Gasteiger partial charge in [-0.1, -0.05) is 30.3 Å². The second-order valence-electron chi connectivity index (χ2n) is 3.15. The molecule has 0 bridgehead atoms. The summed E-state index contributed by atoms with van der Waals surface area (Å²) in [6.07, 6.45) is -0.166. The van der Waals surface area contributed by atoms with Gasteiger partial charge in [0.2, 0.25) is 0 Å². The van der Waals surface area contributed by atoms with Gasteiger partial charge in [0.1, 0.15) is 6.10 Å². The molecule has 2 rings (SSSR count). The third-order valence-electron chi connectivity index (χ3n) is 2.19. The summed E-state index contributed by atoms with van der Waals surface area (Å²) in [6, 6.07) is 9.67. The van der Waals surface area contributed by atoms with Gasteiger partial charge in [-0.2, -0.15) is 0 Å². The summed E-state index contributed by atoms with van der Waals surface area (Å²) in [5, 5.41) is 0. The zero-order chi connectivity index (χ0) is 10.7. The van der Waals surface area contributed by atoms with Gasteiger partial charge in [-0.3, -0.25) is 0 Å². The molecule has 0 N–H and O–H groups in total. The zero-order valence-corrected chi connectivity index (χ0v) is 8.34. The van der Waals surface area contributed by atoms with Crippen LogP contribution in [0.25, 0.3) is 0 Å². The monoisotopic (exact) mass is 205 g/mol. The van der Waals surface area contributed by atoms with Crippen molar-refractivity contribution in [2.45, 2.75) is 6.10 Å². The zero-order valence-electron chi connectivity index (χ0n) is 8.34. The van der Waals surface area contributed by atoms with Gasteiger partial charge in [0.05, 0.1) is 13.7 Å². The fourth-order valence-electron chi connectivity index (χ4n) is 1.42. The highest BCUT2D eigenvalue weighted by Gasteiger charge is 2.26. The fraction of sp³-hybridized carbons (Fsp3) is 0.273. The molecule has 0 amide bonds. The van der Waals surface area contributed by atoms with Gasteiger partial charge in [0, 0.05) is 0 Å². The summed E-state index contributed by atoms with van der Waals surface area (Å²) in [5.41, 5.74) is 1.01. The first kappa shape index (κ1) is 9.71. The Labute approximate surface area is 87.5 Å². The summed E-state index contributed by atoms with van der Waals surface area (Å²) < 4.78 is 9.90. The number of carbonyl (C=O) groups is 1. The molecule has 0 saturated carbocycles.